The van der Waals surface area contributed by atoms with E-state index in [1.54, 1.807) is 0 Å². The van der Waals surface area contributed by atoms with E-state index in [4.69, 9.17) is 0 Å². The van der Waals surface area contributed by atoms with Gasteiger partial charge in [0.05, 0.1) is 0 Å². The minimum atomic E-state index is -2.57. The van der Waals surface area contributed by atoms with Gasteiger partial charge in [-0.1, -0.05) is 0 Å². The maximum Gasteiger partial charge on any atom is 0.280 e. The number of hydrogen-bond acceptors (Lipinski definition) is 2. The zero-order valence-electron chi connectivity index (χ0n) is 6.81. The van der Waals surface area contributed by atoms with E-state index in [9.17, 15) is 13.6 Å². The molecule has 1 heterocycles. The highest BCUT2D eigenvalue weighted by Crippen LogP contribution is 2.28. The molecule has 1 aliphatic rings. The van der Waals surface area contributed by atoms with E-state index in [2.05, 4.69) is 10.2 Å². The van der Waals surface area contributed by atoms with Crippen LogP contribution in [0.2, 0.25) is 0 Å². The van der Waals surface area contributed by atoms with Crippen molar-refractivity contribution in [2.45, 2.75) is 25.7 Å². The van der Waals surface area contributed by atoms with Gasteiger partial charge in [0.15, 0.2) is 5.78 Å². The predicted molar refractivity (Wildman–Crippen MR) is 40.8 cm³/mol. The van der Waals surface area contributed by atoms with Crippen molar-refractivity contribution in [3.8, 4) is 0 Å². The monoisotopic (exact) mass is 186 g/mol. The third-order valence-electron chi connectivity index (χ3n) is 2.21. The molecule has 0 unspecified atom stereocenters. The molecule has 1 aromatic heterocycles. The molecule has 0 spiro atoms. The van der Waals surface area contributed by atoms with Crippen molar-refractivity contribution < 1.29 is 13.6 Å². The molecule has 0 radical (unpaired) electrons. The van der Waals surface area contributed by atoms with Gasteiger partial charge < -0.3 is 0 Å². The van der Waals surface area contributed by atoms with Gasteiger partial charge in [-0.2, -0.15) is 5.10 Å². The number of alkyl halides is 2. The lowest BCUT2D eigenvalue weighted by atomic mass is 9.95. The molecule has 0 amide bonds. The van der Waals surface area contributed by atoms with Gasteiger partial charge in [0.1, 0.15) is 11.4 Å². The summed E-state index contributed by atoms with van der Waals surface area (Å²) >= 11 is 0. The molecular formula is C8H8F2N2O. The number of carbonyl (C=O) groups is 1. The average molecular weight is 186 g/mol. The topological polar surface area (TPSA) is 45.8 Å². The molecule has 1 aliphatic carbocycles. The molecule has 1 N–H and O–H groups in total. The van der Waals surface area contributed by atoms with Crippen LogP contribution in [0.5, 0.6) is 0 Å². The lowest BCUT2D eigenvalue weighted by Crippen LogP contribution is -2.10. The molecular weight excluding hydrogens is 178 g/mol. The summed E-state index contributed by atoms with van der Waals surface area (Å²) < 4.78 is 24.7. The maximum absolute atomic E-state index is 12.3. The first-order chi connectivity index (χ1) is 6.20. The molecule has 0 atom stereocenters. The summed E-state index contributed by atoms with van der Waals surface area (Å²) in [5.41, 5.74) is 0.427. The van der Waals surface area contributed by atoms with E-state index in [1.807, 2.05) is 0 Å². The fourth-order valence-corrected chi connectivity index (χ4v) is 1.59. The highest BCUT2D eigenvalue weighted by atomic mass is 19.3. The third kappa shape index (κ3) is 1.24. The number of fused-ring (bicyclic) bond motifs is 1. The van der Waals surface area contributed by atoms with Crippen LogP contribution in [0.15, 0.2) is 0 Å². The molecule has 0 fully saturated rings. The van der Waals surface area contributed by atoms with Gasteiger partial charge in [-0.3, -0.25) is 9.89 Å². The standard InChI is InChI=1S/C8H8F2N2O/c9-8(10)7-4-2-1-3-5(13)6(4)11-12-7/h8H,1-3H2,(H,11,12). The van der Waals surface area contributed by atoms with Crippen LogP contribution in [0, 0.1) is 0 Å². The summed E-state index contributed by atoms with van der Waals surface area (Å²) in [6.07, 6.45) is -0.981. The molecule has 0 aliphatic heterocycles. The van der Waals surface area contributed by atoms with E-state index < -0.39 is 6.43 Å². The van der Waals surface area contributed by atoms with Crippen LogP contribution in [-0.4, -0.2) is 16.0 Å². The molecule has 5 heteroatoms. The Bertz CT molecular complexity index is 346. The van der Waals surface area contributed by atoms with Crippen LogP contribution in [0.25, 0.3) is 0 Å². The predicted octanol–water partition coefficient (Wildman–Crippen LogP) is 1.87. The number of halogens is 2. The summed E-state index contributed by atoms with van der Waals surface area (Å²) in [6.45, 7) is 0. The van der Waals surface area contributed by atoms with Crippen LogP contribution in [0.1, 0.15) is 41.0 Å². The van der Waals surface area contributed by atoms with E-state index in [0.717, 1.165) is 0 Å². The zero-order valence-corrected chi connectivity index (χ0v) is 6.81. The summed E-state index contributed by atoms with van der Waals surface area (Å²) in [6, 6.07) is 0. The molecule has 0 bridgehead atoms. The average Bonchev–Trinajstić information content (AvgIpc) is 2.48. The van der Waals surface area contributed by atoms with Gasteiger partial charge in [-0.05, 0) is 12.8 Å². The lowest BCUT2D eigenvalue weighted by molar-refractivity contribution is 0.0967. The van der Waals surface area contributed by atoms with Crippen molar-refractivity contribution in [1.82, 2.24) is 10.2 Å². The molecule has 1 aromatic rings. The minimum Gasteiger partial charge on any atom is -0.292 e. The quantitative estimate of drug-likeness (QED) is 0.727. The Balaban J connectivity index is 2.47. The fourth-order valence-electron chi connectivity index (χ4n) is 1.59. The first-order valence-electron chi connectivity index (χ1n) is 4.08. The number of aromatic nitrogens is 2. The highest BCUT2D eigenvalue weighted by Gasteiger charge is 2.26. The number of H-pyrrole nitrogens is 1. The Labute approximate surface area is 73.1 Å². The number of rotatable bonds is 1. The Morgan fingerprint density at radius 1 is 1.38 bits per heavy atom. The molecule has 70 valence electrons. The summed E-state index contributed by atoms with van der Waals surface area (Å²) in [5, 5.41) is 5.83. The van der Waals surface area contributed by atoms with Crippen LogP contribution in [0.3, 0.4) is 0 Å². The van der Waals surface area contributed by atoms with Gasteiger partial charge in [-0.25, -0.2) is 8.78 Å². The second-order valence-corrected chi connectivity index (χ2v) is 3.04. The largest absolute Gasteiger partial charge is 0.292 e. The fraction of sp³-hybridized carbons (Fsp3) is 0.500. The zero-order chi connectivity index (χ0) is 9.42. The molecule has 13 heavy (non-hydrogen) atoms. The minimum absolute atomic E-state index is 0.135. The van der Waals surface area contributed by atoms with Gasteiger partial charge in [-0.15, -0.1) is 0 Å². The third-order valence-corrected chi connectivity index (χ3v) is 2.21. The van der Waals surface area contributed by atoms with Crippen molar-refractivity contribution in [3.05, 3.63) is 17.0 Å². The molecule has 3 nitrogen and oxygen atoms in total. The van der Waals surface area contributed by atoms with E-state index in [1.165, 1.54) is 0 Å². The second-order valence-electron chi connectivity index (χ2n) is 3.04. The number of aromatic amines is 1. The molecule has 2 rings (SSSR count). The van der Waals surface area contributed by atoms with Crippen molar-refractivity contribution in [2.75, 3.05) is 0 Å². The number of Topliss-reactive ketones (excluding diaryl/α,β-unsaturated/α-hetero) is 1. The molecule has 0 saturated carbocycles. The Morgan fingerprint density at radius 2 is 2.15 bits per heavy atom. The van der Waals surface area contributed by atoms with Crippen molar-refractivity contribution in [3.63, 3.8) is 0 Å². The molecule has 0 saturated heterocycles. The maximum atomic E-state index is 12.3. The van der Waals surface area contributed by atoms with Gasteiger partial charge >= 0.3 is 0 Å². The van der Waals surface area contributed by atoms with E-state index >= 15 is 0 Å². The SMILES string of the molecule is O=C1CCCc2c1n[nH]c2C(F)F. The summed E-state index contributed by atoms with van der Waals surface area (Å²) in [7, 11) is 0. The van der Waals surface area contributed by atoms with Crippen LogP contribution < -0.4 is 0 Å². The first kappa shape index (κ1) is 8.34. The van der Waals surface area contributed by atoms with Gasteiger partial charge in [0.25, 0.3) is 6.43 Å². The Morgan fingerprint density at radius 3 is 2.85 bits per heavy atom. The van der Waals surface area contributed by atoms with Crippen molar-refractivity contribution in [2.24, 2.45) is 0 Å². The number of ketones is 1. The van der Waals surface area contributed by atoms with Crippen molar-refractivity contribution in [1.29, 1.82) is 0 Å². The summed E-state index contributed by atoms with van der Waals surface area (Å²) in [5.74, 6) is -0.135. The van der Waals surface area contributed by atoms with Gasteiger partial charge in [0, 0.05) is 12.0 Å². The number of nitrogens with one attached hydrogen (secondary N) is 1. The number of nitrogens with zero attached hydrogens (tertiary/aromatic N) is 1. The smallest absolute Gasteiger partial charge is 0.280 e. The van der Waals surface area contributed by atoms with Crippen LogP contribution in [0.4, 0.5) is 8.78 Å². The van der Waals surface area contributed by atoms with Crippen molar-refractivity contribution >= 4 is 5.78 Å². The number of hydrogen-bond donors (Lipinski definition) is 1. The molecule has 0 aromatic carbocycles. The van der Waals surface area contributed by atoms with Gasteiger partial charge in [0.2, 0.25) is 0 Å². The van der Waals surface area contributed by atoms with E-state index in [0.29, 0.717) is 24.8 Å². The Hall–Kier alpha value is -1.26. The first-order valence-corrected chi connectivity index (χ1v) is 4.08. The van der Waals surface area contributed by atoms with Crippen LogP contribution >= 0.6 is 0 Å². The normalized spacial score (nSPS) is 16.4. The Kier molecular flexibility index (Phi) is 1.86. The summed E-state index contributed by atoms with van der Waals surface area (Å²) in [4.78, 5) is 11.2. The highest BCUT2D eigenvalue weighted by molar-refractivity contribution is 5.96. The second kappa shape index (κ2) is 2.90. The van der Waals surface area contributed by atoms with E-state index in [-0.39, 0.29) is 17.2 Å². The number of carbonyl (C=O) groups excluding carboxylic acids is 1. The van der Waals surface area contributed by atoms with Crippen LogP contribution in [-0.2, 0) is 6.42 Å². The lowest BCUT2D eigenvalue weighted by Gasteiger charge is -2.09.